The number of rotatable bonds is 11. The van der Waals surface area contributed by atoms with Crippen LogP contribution in [0.4, 0.5) is 5.69 Å². The van der Waals surface area contributed by atoms with Crippen molar-refractivity contribution in [2.75, 3.05) is 13.2 Å². The predicted octanol–water partition coefficient (Wildman–Crippen LogP) is 2.44. The summed E-state index contributed by atoms with van der Waals surface area (Å²) in [6.45, 7) is 0.400. The number of aliphatic hydroxyl groups is 1. The molecular formula is C21H26N2O7. The molecule has 1 amide bonds. The summed E-state index contributed by atoms with van der Waals surface area (Å²) < 4.78 is 5.09. The van der Waals surface area contributed by atoms with Gasteiger partial charge in [0.05, 0.1) is 36.4 Å². The molecular weight excluding hydrogens is 392 g/mol. The number of ether oxygens (including phenoxy) is 1. The van der Waals surface area contributed by atoms with Gasteiger partial charge in [-0.2, -0.15) is 0 Å². The van der Waals surface area contributed by atoms with Crippen LogP contribution in [0.15, 0.2) is 48.8 Å². The Hall–Kier alpha value is -3.20. The molecule has 1 aliphatic rings. The summed E-state index contributed by atoms with van der Waals surface area (Å²) in [5, 5.41) is 29.5. The quantitative estimate of drug-likeness (QED) is 0.186. The molecule has 1 aromatic rings. The highest BCUT2D eigenvalue weighted by Crippen LogP contribution is 2.20. The molecule has 0 aliphatic carbocycles. The third-order valence-corrected chi connectivity index (χ3v) is 4.69. The Kier molecular flexibility index (Phi) is 9.02. The number of carbonyl (C=O) groups excluding carboxylic acids is 1. The molecule has 1 aromatic carbocycles. The van der Waals surface area contributed by atoms with Crippen LogP contribution in [0.25, 0.3) is 0 Å². The van der Waals surface area contributed by atoms with Crippen molar-refractivity contribution in [1.29, 1.82) is 0 Å². The number of amides is 1. The lowest BCUT2D eigenvalue weighted by Gasteiger charge is -2.33. The number of nitro groups is 1. The highest BCUT2D eigenvalue weighted by molar-refractivity contribution is 5.77. The standard InChI is InChI=1S/C21H26N2O7/c24-19(15-16-5-7-18(8-6-16)23(28)29)10-9-17-3-1-4-20(25)22(17)12-2-13-30-14-11-21(26)27/h2,5-10,13,17,19,24H,1,3-4,11-12,14-15H2,(H,26,27)/t17-,19?/m1/s1. The Morgan fingerprint density at radius 3 is 2.77 bits per heavy atom. The Bertz CT molecular complexity index is 789. The van der Waals surface area contributed by atoms with Crippen LogP contribution < -0.4 is 0 Å². The smallest absolute Gasteiger partial charge is 0.306 e. The number of aliphatic hydroxyl groups excluding tert-OH is 1. The molecule has 9 heteroatoms. The van der Waals surface area contributed by atoms with Crippen molar-refractivity contribution >= 4 is 17.6 Å². The van der Waals surface area contributed by atoms with Crippen LogP contribution in [0, 0.1) is 10.1 Å². The lowest BCUT2D eigenvalue weighted by molar-refractivity contribution is -0.384. The van der Waals surface area contributed by atoms with E-state index in [2.05, 4.69) is 0 Å². The largest absolute Gasteiger partial charge is 0.501 e. The van der Waals surface area contributed by atoms with Gasteiger partial charge >= 0.3 is 5.97 Å². The topological polar surface area (TPSA) is 130 Å². The maximum Gasteiger partial charge on any atom is 0.306 e. The number of likely N-dealkylation sites (tertiary alicyclic amines) is 1. The molecule has 1 aliphatic heterocycles. The van der Waals surface area contributed by atoms with Gasteiger partial charge in [-0.3, -0.25) is 19.7 Å². The molecule has 1 unspecified atom stereocenters. The summed E-state index contributed by atoms with van der Waals surface area (Å²) in [7, 11) is 0. The van der Waals surface area contributed by atoms with Crippen LogP contribution in [0.3, 0.4) is 0 Å². The third kappa shape index (κ3) is 7.67. The minimum absolute atomic E-state index is 0.000126. The molecule has 0 bridgehead atoms. The number of hydrogen-bond donors (Lipinski definition) is 2. The number of nitro benzene ring substituents is 1. The van der Waals surface area contributed by atoms with Gasteiger partial charge in [-0.15, -0.1) is 0 Å². The highest BCUT2D eigenvalue weighted by atomic mass is 16.6. The second-order valence-electron chi connectivity index (χ2n) is 6.97. The average Bonchev–Trinajstić information content (AvgIpc) is 2.70. The number of aliphatic carboxylic acids is 1. The Morgan fingerprint density at radius 2 is 2.10 bits per heavy atom. The molecule has 0 saturated carbocycles. The fourth-order valence-corrected chi connectivity index (χ4v) is 3.14. The van der Waals surface area contributed by atoms with Crippen LogP contribution >= 0.6 is 0 Å². The number of carbonyl (C=O) groups is 2. The van der Waals surface area contributed by atoms with Gasteiger partial charge in [0.2, 0.25) is 5.91 Å². The monoisotopic (exact) mass is 418 g/mol. The minimum atomic E-state index is -0.938. The summed E-state index contributed by atoms with van der Waals surface area (Å²) in [4.78, 5) is 34.6. The minimum Gasteiger partial charge on any atom is -0.501 e. The number of non-ortho nitro benzene ring substituents is 1. The molecule has 0 radical (unpaired) electrons. The second kappa shape index (κ2) is 11.7. The van der Waals surface area contributed by atoms with Gasteiger partial charge in [-0.1, -0.05) is 24.3 Å². The zero-order chi connectivity index (χ0) is 21.9. The number of piperidine rings is 1. The van der Waals surface area contributed by atoms with Gasteiger partial charge in [0.15, 0.2) is 0 Å². The maximum atomic E-state index is 12.3. The first-order valence-corrected chi connectivity index (χ1v) is 9.74. The molecule has 0 spiro atoms. The Morgan fingerprint density at radius 1 is 1.37 bits per heavy atom. The molecule has 1 fully saturated rings. The molecule has 1 heterocycles. The van der Waals surface area contributed by atoms with E-state index >= 15 is 0 Å². The molecule has 1 saturated heterocycles. The number of carboxylic acid groups (broad SMARTS) is 1. The van der Waals surface area contributed by atoms with E-state index in [-0.39, 0.29) is 30.7 Å². The fraction of sp³-hybridized carbons (Fsp3) is 0.429. The number of nitrogens with zero attached hydrogens (tertiary/aromatic N) is 2. The Balaban J connectivity index is 1.88. The van der Waals surface area contributed by atoms with Crippen molar-refractivity contribution < 1.29 is 29.5 Å². The van der Waals surface area contributed by atoms with Crippen molar-refractivity contribution in [3.8, 4) is 0 Å². The van der Waals surface area contributed by atoms with E-state index in [9.17, 15) is 24.8 Å². The van der Waals surface area contributed by atoms with E-state index in [0.29, 0.717) is 19.4 Å². The first-order chi connectivity index (χ1) is 14.4. The van der Waals surface area contributed by atoms with E-state index in [1.54, 1.807) is 29.2 Å². The Labute approximate surface area is 174 Å². The highest BCUT2D eigenvalue weighted by Gasteiger charge is 2.25. The van der Waals surface area contributed by atoms with Crippen molar-refractivity contribution in [1.82, 2.24) is 4.90 Å². The molecule has 2 atom stereocenters. The average molecular weight is 418 g/mol. The fourth-order valence-electron chi connectivity index (χ4n) is 3.14. The van der Waals surface area contributed by atoms with Crippen molar-refractivity contribution in [2.45, 2.75) is 44.2 Å². The first kappa shape index (κ1) is 23.1. The molecule has 162 valence electrons. The normalized spacial score (nSPS) is 18.1. The number of benzene rings is 1. The van der Waals surface area contributed by atoms with Gasteiger partial charge in [0.1, 0.15) is 0 Å². The van der Waals surface area contributed by atoms with Crippen LogP contribution in [0.1, 0.15) is 31.2 Å². The van der Waals surface area contributed by atoms with E-state index in [0.717, 1.165) is 18.4 Å². The summed E-state index contributed by atoms with van der Waals surface area (Å²) in [6.07, 6.45) is 7.97. The van der Waals surface area contributed by atoms with Crippen LogP contribution in [-0.2, 0) is 20.7 Å². The molecule has 0 aromatic heterocycles. The van der Waals surface area contributed by atoms with Crippen molar-refractivity contribution in [3.63, 3.8) is 0 Å². The van der Waals surface area contributed by atoms with E-state index in [1.807, 2.05) is 6.08 Å². The molecule has 9 nitrogen and oxygen atoms in total. The van der Waals surface area contributed by atoms with Crippen LogP contribution in [0.2, 0.25) is 0 Å². The van der Waals surface area contributed by atoms with Crippen molar-refractivity contribution in [2.24, 2.45) is 0 Å². The second-order valence-corrected chi connectivity index (χ2v) is 6.97. The first-order valence-electron chi connectivity index (χ1n) is 9.74. The van der Waals surface area contributed by atoms with Gasteiger partial charge in [0.25, 0.3) is 5.69 Å². The van der Waals surface area contributed by atoms with Crippen LogP contribution in [-0.4, -0.2) is 57.2 Å². The van der Waals surface area contributed by atoms with E-state index < -0.39 is 17.0 Å². The van der Waals surface area contributed by atoms with E-state index in [1.165, 1.54) is 18.4 Å². The predicted molar refractivity (Wildman–Crippen MR) is 109 cm³/mol. The van der Waals surface area contributed by atoms with Gasteiger partial charge in [-0.25, -0.2) is 0 Å². The summed E-state index contributed by atoms with van der Waals surface area (Å²) >= 11 is 0. The summed E-state index contributed by atoms with van der Waals surface area (Å²) in [5.41, 5.74) is 0.774. The van der Waals surface area contributed by atoms with Gasteiger partial charge < -0.3 is 19.8 Å². The van der Waals surface area contributed by atoms with Gasteiger partial charge in [0, 0.05) is 31.5 Å². The summed E-state index contributed by atoms with van der Waals surface area (Å²) in [5.74, 6) is -0.928. The number of hydrogen-bond acceptors (Lipinski definition) is 6. The lowest BCUT2D eigenvalue weighted by atomic mass is 9.99. The lowest BCUT2D eigenvalue weighted by Crippen LogP contribution is -2.42. The SMILES string of the molecule is O=C(O)CCOC=CCN1C(=O)CCC[C@@H]1C=CC(O)Cc1ccc([N+](=O)[O-])cc1. The number of carboxylic acids is 1. The van der Waals surface area contributed by atoms with Crippen molar-refractivity contribution in [3.05, 3.63) is 64.4 Å². The molecule has 2 rings (SSSR count). The van der Waals surface area contributed by atoms with E-state index in [4.69, 9.17) is 9.84 Å². The van der Waals surface area contributed by atoms with Crippen LogP contribution in [0.5, 0.6) is 0 Å². The maximum absolute atomic E-state index is 12.3. The van der Waals surface area contributed by atoms with Gasteiger partial charge in [-0.05, 0) is 24.5 Å². The molecule has 2 N–H and O–H groups in total. The third-order valence-electron chi connectivity index (χ3n) is 4.69. The zero-order valence-electron chi connectivity index (χ0n) is 16.6. The summed E-state index contributed by atoms with van der Waals surface area (Å²) in [6, 6.07) is 5.87. The zero-order valence-corrected chi connectivity index (χ0v) is 16.6. The molecule has 30 heavy (non-hydrogen) atoms.